The van der Waals surface area contributed by atoms with Crippen LogP contribution in [0.15, 0.2) is 18.2 Å². The lowest BCUT2D eigenvalue weighted by molar-refractivity contribution is -0.142. The lowest BCUT2D eigenvalue weighted by Crippen LogP contribution is -2.43. The molecule has 4 heteroatoms. The molecule has 1 aromatic carbocycles. The summed E-state index contributed by atoms with van der Waals surface area (Å²) in [4.78, 5) is 25.8. The Hall–Kier alpha value is -1.84. The molecule has 1 saturated carbocycles. The Bertz CT molecular complexity index is 588. The molecule has 0 unspecified atom stereocenters. The maximum Gasteiger partial charge on any atom is 0.335 e. The van der Waals surface area contributed by atoms with E-state index in [1.165, 1.54) is 5.56 Å². The summed E-state index contributed by atoms with van der Waals surface area (Å²) in [6, 6.07) is 5.25. The number of carbonyl (C=O) groups excluding carboxylic acids is 1. The van der Waals surface area contributed by atoms with E-state index in [0.717, 1.165) is 44.2 Å². The summed E-state index contributed by atoms with van der Waals surface area (Å²) in [5, 5.41) is 9.09. The van der Waals surface area contributed by atoms with Crippen molar-refractivity contribution in [3.05, 3.63) is 34.9 Å². The van der Waals surface area contributed by atoms with Crippen molar-refractivity contribution in [2.24, 2.45) is 5.41 Å². The second kappa shape index (κ2) is 5.17. The van der Waals surface area contributed by atoms with Crippen LogP contribution in [0.2, 0.25) is 0 Å². The molecule has 1 fully saturated rings. The number of rotatable bonds is 2. The van der Waals surface area contributed by atoms with Crippen LogP contribution in [0.1, 0.15) is 54.1 Å². The summed E-state index contributed by atoms with van der Waals surface area (Å²) in [7, 11) is 0. The minimum Gasteiger partial charge on any atom is -0.478 e. The van der Waals surface area contributed by atoms with Gasteiger partial charge in [0.2, 0.25) is 5.91 Å². The summed E-state index contributed by atoms with van der Waals surface area (Å²) < 4.78 is 0. The number of nitrogens with zero attached hydrogens (tertiary/aromatic N) is 1. The van der Waals surface area contributed by atoms with Gasteiger partial charge in [-0.3, -0.25) is 4.79 Å². The van der Waals surface area contributed by atoms with Crippen LogP contribution >= 0.6 is 0 Å². The molecule has 0 aromatic heterocycles. The minimum atomic E-state index is -0.913. The van der Waals surface area contributed by atoms with E-state index < -0.39 is 5.97 Å². The average Bonchev–Trinajstić information content (AvgIpc) is 2.93. The van der Waals surface area contributed by atoms with Crippen LogP contribution in [0.3, 0.4) is 0 Å². The molecule has 1 aliphatic heterocycles. The third-order valence-electron chi connectivity index (χ3n) is 4.98. The van der Waals surface area contributed by atoms with Gasteiger partial charge in [0.25, 0.3) is 0 Å². The molecule has 4 nitrogen and oxygen atoms in total. The Balaban J connectivity index is 1.81. The predicted octanol–water partition coefficient (Wildman–Crippen LogP) is 2.85. The van der Waals surface area contributed by atoms with Crippen molar-refractivity contribution in [3.8, 4) is 0 Å². The van der Waals surface area contributed by atoms with Gasteiger partial charge in [-0.05, 0) is 42.5 Å². The molecule has 112 valence electrons. The first-order valence-electron chi connectivity index (χ1n) is 7.64. The zero-order valence-electron chi connectivity index (χ0n) is 12.4. The number of amides is 1. The highest BCUT2D eigenvalue weighted by atomic mass is 16.4. The number of carbonyl (C=O) groups is 2. The van der Waals surface area contributed by atoms with Gasteiger partial charge < -0.3 is 10.0 Å². The van der Waals surface area contributed by atoms with Crippen molar-refractivity contribution < 1.29 is 14.7 Å². The van der Waals surface area contributed by atoms with Crippen molar-refractivity contribution in [3.63, 3.8) is 0 Å². The first-order chi connectivity index (χ1) is 9.99. The van der Waals surface area contributed by atoms with Gasteiger partial charge >= 0.3 is 5.97 Å². The van der Waals surface area contributed by atoms with Crippen molar-refractivity contribution in [2.75, 3.05) is 6.54 Å². The average molecular weight is 287 g/mol. The van der Waals surface area contributed by atoms with Crippen LogP contribution < -0.4 is 0 Å². The molecule has 1 heterocycles. The van der Waals surface area contributed by atoms with E-state index in [9.17, 15) is 9.59 Å². The van der Waals surface area contributed by atoms with Gasteiger partial charge in [-0.15, -0.1) is 0 Å². The highest BCUT2D eigenvalue weighted by Gasteiger charge is 2.39. The number of fused-ring (bicyclic) bond motifs is 1. The number of benzene rings is 1. The molecule has 1 amide bonds. The van der Waals surface area contributed by atoms with Gasteiger partial charge in [0.05, 0.1) is 5.56 Å². The fourth-order valence-electron chi connectivity index (χ4n) is 3.61. The molecule has 0 spiro atoms. The Morgan fingerprint density at radius 3 is 2.57 bits per heavy atom. The molecule has 1 N–H and O–H groups in total. The first kappa shape index (κ1) is 14.1. The Morgan fingerprint density at radius 1 is 1.19 bits per heavy atom. The zero-order chi connectivity index (χ0) is 15.0. The van der Waals surface area contributed by atoms with Crippen molar-refractivity contribution in [1.82, 2.24) is 4.90 Å². The van der Waals surface area contributed by atoms with Crippen LogP contribution in [-0.4, -0.2) is 28.4 Å². The summed E-state index contributed by atoms with van der Waals surface area (Å²) >= 11 is 0. The second-order valence-corrected chi connectivity index (χ2v) is 6.53. The Morgan fingerprint density at radius 2 is 1.90 bits per heavy atom. The SMILES string of the molecule is CC1(C(=O)N2CCc3ccc(C(=O)O)cc3C2)CCCC1. The van der Waals surface area contributed by atoms with Crippen LogP contribution in [0, 0.1) is 5.41 Å². The molecule has 3 rings (SSSR count). The van der Waals surface area contributed by atoms with Crippen LogP contribution in [0.4, 0.5) is 0 Å². The number of carboxylic acid groups (broad SMARTS) is 1. The molecule has 1 aliphatic carbocycles. The number of aromatic carboxylic acids is 1. The monoisotopic (exact) mass is 287 g/mol. The van der Waals surface area contributed by atoms with E-state index in [2.05, 4.69) is 6.92 Å². The lowest BCUT2D eigenvalue weighted by Gasteiger charge is -2.35. The van der Waals surface area contributed by atoms with Crippen LogP contribution in [-0.2, 0) is 17.8 Å². The van der Waals surface area contributed by atoms with Gasteiger partial charge in [0.1, 0.15) is 0 Å². The van der Waals surface area contributed by atoms with E-state index in [1.807, 2.05) is 11.0 Å². The largest absolute Gasteiger partial charge is 0.478 e. The normalized spacial score (nSPS) is 20.1. The maximum absolute atomic E-state index is 12.8. The Labute approximate surface area is 124 Å². The molecule has 0 radical (unpaired) electrons. The van der Waals surface area contributed by atoms with Gasteiger partial charge in [-0.25, -0.2) is 4.79 Å². The van der Waals surface area contributed by atoms with E-state index >= 15 is 0 Å². The molecular formula is C17H21NO3. The topological polar surface area (TPSA) is 57.6 Å². The minimum absolute atomic E-state index is 0.206. The van der Waals surface area contributed by atoms with Gasteiger partial charge in [-0.2, -0.15) is 0 Å². The van der Waals surface area contributed by atoms with Gasteiger partial charge in [0.15, 0.2) is 0 Å². The molecular weight excluding hydrogens is 266 g/mol. The van der Waals surface area contributed by atoms with E-state index in [0.29, 0.717) is 12.1 Å². The fraction of sp³-hybridized carbons (Fsp3) is 0.529. The number of carboxylic acids is 1. The van der Waals surface area contributed by atoms with Crippen molar-refractivity contribution >= 4 is 11.9 Å². The highest BCUT2D eigenvalue weighted by molar-refractivity contribution is 5.88. The predicted molar refractivity (Wildman–Crippen MR) is 79.1 cm³/mol. The third-order valence-corrected chi connectivity index (χ3v) is 4.98. The summed E-state index contributed by atoms with van der Waals surface area (Å²) in [5.74, 6) is -0.671. The van der Waals surface area contributed by atoms with Crippen LogP contribution in [0.25, 0.3) is 0 Å². The standard InChI is InChI=1S/C17H21NO3/c1-17(7-2-3-8-17)16(21)18-9-6-12-4-5-13(15(19)20)10-14(12)11-18/h4-5,10H,2-3,6-9,11H2,1H3,(H,19,20). The maximum atomic E-state index is 12.8. The quantitative estimate of drug-likeness (QED) is 0.910. The number of hydrogen-bond acceptors (Lipinski definition) is 2. The smallest absolute Gasteiger partial charge is 0.335 e. The Kier molecular flexibility index (Phi) is 3.47. The summed E-state index contributed by atoms with van der Waals surface area (Å²) in [6.07, 6.45) is 5.04. The molecule has 2 aliphatic rings. The molecule has 0 saturated heterocycles. The summed E-state index contributed by atoms with van der Waals surface area (Å²) in [6.45, 7) is 3.37. The van der Waals surface area contributed by atoms with Gasteiger partial charge in [0, 0.05) is 18.5 Å². The molecule has 0 atom stereocenters. The lowest BCUT2D eigenvalue weighted by atomic mass is 9.86. The summed E-state index contributed by atoms with van der Waals surface area (Å²) in [5.41, 5.74) is 2.24. The number of hydrogen-bond donors (Lipinski definition) is 1. The second-order valence-electron chi connectivity index (χ2n) is 6.53. The molecule has 1 aromatic rings. The molecule has 0 bridgehead atoms. The zero-order valence-corrected chi connectivity index (χ0v) is 12.4. The third kappa shape index (κ3) is 2.55. The van der Waals surface area contributed by atoms with Crippen molar-refractivity contribution in [1.29, 1.82) is 0 Å². The fourth-order valence-corrected chi connectivity index (χ4v) is 3.61. The molecule has 21 heavy (non-hydrogen) atoms. The van der Waals surface area contributed by atoms with Crippen molar-refractivity contribution in [2.45, 2.75) is 45.6 Å². The highest BCUT2D eigenvalue weighted by Crippen LogP contribution is 2.40. The van der Waals surface area contributed by atoms with E-state index in [1.54, 1.807) is 12.1 Å². The van der Waals surface area contributed by atoms with E-state index in [-0.39, 0.29) is 11.3 Å². The van der Waals surface area contributed by atoms with E-state index in [4.69, 9.17) is 5.11 Å². The first-order valence-corrected chi connectivity index (χ1v) is 7.64. The van der Waals surface area contributed by atoms with Gasteiger partial charge in [-0.1, -0.05) is 25.8 Å². The van der Waals surface area contributed by atoms with Crippen LogP contribution in [0.5, 0.6) is 0 Å².